The van der Waals surface area contributed by atoms with E-state index >= 15 is 0 Å². The fraction of sp³-hybridized carbons (Fsp3) is 0.190. The van der Waals surface area contributed by atoms with E-state index in [1.54, 1.807) is 0 Å². The van der Waals surface area contributed by atoms with E-state index in [1.165, 1.54) is 17.3 Å². The van der Waals surface area contributed by atoms with Gasteiger partial charge in [-0.2, -0.15) is 15.0 Å². The van der Waals surface area contributed by atoms with Gasteiger partial charge in [0.2, 0.25) is 11.9 Å². The van der Waals surface area contributed by atoms with Gasteiger partial charge in [-0.25, -0.2) is 0 Å². The molecule has 0 aliphatic rings. The van der Waals surface area contributed by atoms with E-state index in [1.807, 2.05) is 56.3 Å². The minimum absolute atomic E-state index is 0.179. The third-order valence-corrected chi connectivity index (χ3v) is 5.47. The lowest BCUT2D eigenvalue weighted by atomic mass is 10.2. The molecule has 0 aliphatic heterocycles. The van der Waals surface area contributed by atoms with Crippen LogP contribution in [0.15, 0.2) is 59.8 Å². The number of aryl methyl sites for hydroxylation is 2. The van der Waals surface area contributed by atoms with Gasteiger partial charge in [-0.1, -0.05) is 60.3 Å². The van der Waals surface area contributed by atoms with E-state index in [0.29, 0.717) is 24.1 Å². The summed E-state index contributed by atoms with van der Waals surface area (Å²) in [6.45, 7) is 4.68. The molecule has 0 aliphatic carbocycles. The minimum atomic E-state index is 0.179. The zero-order chi connectivity index (χ0) is 20.9. The highest BCUT2D eigenvalue weighted by Gasteiger charge is 2.13. The van der Waals surface area contributed by atoms with Gasteiger partial charge >= 0.3 is 0 Å². The molecule has 4 aromatic rings. The van der Waals surface area contributed by atoms with Gasteiger partial charge in [0, 0.05) is 5.69 Å². The summed E-state index contributed by atoms with van der Waals surface area (Å²) in [5.41, 5.74) is 9.13. The van der Waals surface area contributed by atoms with E-state index in [2.05, 4.69) is 47.2 Å². The second kappa shape index (κ2) is 8.91. The van der Waals surface area contributed by atoms with Gasteiger partial charge in [-0.05, 0) is 31.0 Å². The van der Waals surface area contributed by atoms with Gasteiger partial charge < -0.3 is 15.6 Å². The van der Waals surface area contributed by atoms with Crippen molar-refractivity contribution in [3.05, 3.63) is 77.4 Å². The Morgan fingerprint density at radius 2 is 1.70 bits per heavy atom. The number of hydrogen-bond acceptors (Lipinski definition) is 8. The standard InChI is InChI=1S/C21H22N8S/c1-14-8-6-7-11-17(14)23-20-25-18(24-19(22)26-20)13-30-21-28-27-15(2)29(21)12-16-9-4-3-5-10-16/h3-11H,12-13H2,1-2H3,(H3,22,23,24,25,26). The van der Waals surface area contributed by atoms with Crippen molar-refractivity contribution in [2.24, 2.45) is 0 Å². The summed E-state index contributed by atoms with van der Waals surface area (Å²) >= 11 is 1.52. The van der Waals surface area contributed by atoms with Gasteiger partial charge in [0.25, 0.3) is 0 Å². The summed E-state index contributed by atoms with van der Waals surface area (Å²) in [5, 5.41) is 12.6. The molecule has 2 aromatic heterocycles. The Morgan fingerprint density at radius 3 is 2.50 bits per heavy atom. The van der Waals surface area contributed by atoms with E-state index in [4.69, 9.17) is 5.73 Å². The summed E-state index contributed by atoms with van der Waals surface area (Å²) in [5.74, 6) is 2.55. The monoisotopic (exact) mass is 418 g/mol. The zero-order valence-corrected chi connectivity index (χ0v) is 17.6. The number of thioether (sulfide) groups is 1. The molecule has 152 valence electrons. The summed E-state index contributed by atoms with van der Waals surface area (Å²) in [6, 6.07) is 18.2. The summed E-state index contributed by atoms with van der Waals surface area (Å²) < 4.78 is 2.08. The molecular formula is C21H22N8S. The van der Waals surface area contributed by atoms with Crippen molar-refractivity contribution in [1.82, 2.24) is 29.7 Å². The Kier molecular flexibility index (Phi) is 5.89. The first-order chi connectivity index (χ1) is 14.6. The molecule has 0 radical (unpaired) electrons. The number of hydrogen-bond donors (Lipinski definition) is 2. The normalized spacial score (nSPS) is 10.9. The Morgan fingerprint density at radius 1 is 0.933 bits per heavy atom. The largest absolute Gasteiger partial charge is 0.368 e. The predicted octanol–water partition coefficient (Wildman–Crippen LogP) is 3.75. The topological polar surface area (TPSA) is 107 Å². The average molecular weight is 419 g/mol. The molecule has 9 heteroatoms. The highest BCUT2D eigenvalue weighted by Crippen LogP contribution is 2.23. The van der Waals surface area contributed by atoms with Crippen molar-refractivity contribution in [2.45, 2.75) is 31.3 Å². The van der Waals surface area contributed by atoms with E-state index in [0.717, 1.165) is 22.2 Å². The number of nitrogen functional groups attached to an aromatic ring is 1. The predicted molar refractivity (Wildman–Crippen MR) is 119 cm³/mol. The molecule has 30 heavy (non-hydrogen) atoms. The number of para-hydroxylation sites is 1. The number of aromatic nitrogens is 6. The Labute approximate surface area is 179 Å². The van der Waals surface area contributed by atoms with Crippen molar-refractivity contribution in [3.63, 3.8) is 0 Å². The molecule has 0 saturated heterocycles. The molecule has 4 rings (SSSR count). The van der Waals surface area contributed by atoms with Crippen LogP contribution in [0.25, 0.3) is 0 Å². The van der Waals surface area contributed by atoms with Crippen molar-refractivity contribution in [1.29, 1.82) is 0 Å². The van der Waals surface area contributed by atoms with Crippen LogP contribution in [0.4, 0.5) is 17.6 Å². The lowest BCUT2D eigenvalue weighted by molar-refractivity contribution is 0.688. The highest BCUT2D eigenvalue weighted by atomic mass is 32.2. The highest BCUT2D eigenvalue weighted by molar-refractivity contribution is 7.98. The number of nitrogens with one attached hydrogen (secondary N) is 1. The molecule has 0 bridgehead atoms. The SMILES string of the molecule is Cc1ccccc1Nc1nc(N)nc(CSc2nnc(C)n2Cc2ccccc2)n1. The van der Waals surface area contributed by atoms with Crippen LogP contribution in [0.2, 0.25) is 0 Å². The van der Waals surface area contributed by atoms with Crippen LogP contribution in [0, 0.1) is 13.8 Å². The Bertz CT molecular complexity index is 1140. The van der Waals surface area contributed by atoms with Gasteiger partial charge in [0.05, 0.1) is 12.3 Å². The van der Waals surface area contributed by atoms with Gasteiger partial charge in [-0.3, -0.25) is 0 Å². The first-order valence-corrected chi connectivity index (χ1v) is 10.5. The number of nitrogens with zero attached hydrogens (tertiary/aromatic N) is 6. The maximum atomic E-state index is 5.91. The van der Waals surface area contributed by atoms with Crippen molar-refractivity contribution in [2.75, 3.05) is 11.1 Å². The molecule has 0 fully saturated rings. The zero-order valence-electron chi connectivity index (χ0n) is 16.8. The first kappa shape index (κ1) is 19.8. The third kappa shape index (κ3) is 4.74. The van der Waals surface area contributed by atoms with E-state index in [9.17, 15) is 0 Å². The van der Waals surface area contributed by atoms with Gasteiger partial charge in [0.15, 0.2) is 5.16 Å². The van der Waals surface area contributed by atoms with E-state index < -0.39 is 0 Å². The molecule has 0 saturated carbocycles. The average Bonchev–Trinajstić information content (AvgIpc) is 3.08. The van der Waals surface area contributed by atoms with Crippen LogP contribution in [-0.4, -0.2) is 29.7 Å². The van der Waals surface area contributed by atoms with Gasteiger partial charge in [-0.15, -0.1) is 10.2 Å². The number of nitrogens with two attached hydrogens (primary N) is 1. The number of benzene rings is 2. The maximum Gasteiger partial charge on any atom is 0.232 e. The Hall–Kier alpha value is -3.46. The second-order valence-electron chi connectivity index (χ2n) is 6.76. The first-order valence-electron chi connectivity index (χ1n) is 9.48. The summed E-state index contributed by atoms with van der Waals surface area (Å²) in [4.78, 5) is 13.0. The van der Waals surface area contributed by atoms with Crippen LogP contribution in [0.1, 0.15) is 22.8 Å². The van der Waals surface area contributed by atoms with Crippen LogP contribution >= 0.6 is 11.8 Å². The minimum Gasteiger partial charge on any atom is -0.368 e. The van der Waals surface area contributed by atoms with E-state index in [-0.39, 0.29) is 5.95 Å². The lowest BCUT2D eigenvalue weighted by Gasteiger charge is -2.10. The van der Waals surface area contributed by atoms with Crippen LogP contribution in [-0.2, 0) is 12.3 Å². The summed E-state index contributed by atoms with van der Waals surface area (Å²) in [6.07, 6.45) is 0. The third-order valence-electron chi connectivity index (χ3n) is 4.51. The maximum absolute atomic E-state index is 5.91. The number of rotatable bonds is 7. The van der Waals surface area contributed by atoms with Crippen molar-refractivity contribution in [3.8, 4) is 0 Å². The summed E-state index contributed by atoms with van der Waals surface area (Å²) in [7, 11) is 0. The smallest absolute Gasteiger partial charge is 0.232 e. The van der Waals surface area contributed by atoms with Crippen LogP contribution in [0.5, 0.6) is 0 Å². The quantitative estimate of drug-likeness (QED) is 0.437. The molecule has 0 amide bonds. The molecule has 0 spiro atoms. The van der Waals surface area contributed by atoms with Crippen LogP contribution < -0.4 is 11.1 Å². The molecule has 3 N–H and O–H groups in total. The number of anilines is 3. The molecule has 2 heterocycles. The molecular weight excluding hydrogens is 396 g/mol. The van der Waals surface area contributed by atoms with Crippen molar-refractivity contribution < 1.29 is 0 Å². The fourth-order valence-electron chi connectivity index (χ4n) is 2.94. The second-order valence-corrected chi connectivity index (χ2v) is 7.71. The van der Waals surface area contributed by atoms with Gasteiger partial charge in [0.1, 0.15) is 11.6 Å². The molecule has 0 atom stereocenters. The molecule has 0 unspecified atom stereocenters. The fourth-order valence-corrected chi connectivity index (χ4v) is 3.78. The van der Waals surface area contributed by atoms with Crippen molar-refractivity contribution >= 4 is 29.3 Å². The van der Waals surface area contributed by atoms with Crippen LogP contribution in [0.3, 0.4) is 0 Å². The lowest BCUT2D eigenvalue weighted by Crippen LogP contribution is -2.08. The molecule has 2 aromatic carbocycles. The molecule has 8 nitrogen and oxygen atoms in total. The Balaban J connectivity index is 1.49.